The van der Waals surface area contributed by atoms with Crippen molar-refractivity contribution in [2.24, 2.45) is 0 Å². The lowest BCUT2D eigenvalue weighted by Crippen LogP contribution is -2.41. The SMILES string of the molecule is OCCCN(c1nc(CO)cc2ccccc12)C1CCC1. The Labute approximate surface area is 125 Å². The molecule has 0 unspecified atom stereocenters. The van der Waals surface area contributed by atoms with Crippen molar-refractivity contribution < 1.29 is 10.2 Å². The molecule has 1 aliphatic carbocycles. The first kappa shape index (κ1) is 14.3. The minimum absolute atomic E-state index is 0.0453. The highest BCUT2D eigenvalue weighted by atomic mass is 16.3. The van der Waals surface area contributed by atoms with E-state index in [1.807, 2.05) is 18.2 Å². The number of fused-ring (bicyclic) bond motifs is 1. The van der Waals surface area contributed by atoms with E-state index in [1.54, 1.807) is 0 Å². The summed E-state index contributed by atoms with van der Waals surface area (Å²) in [6, 6.07) is 10.6. The summed E-state index contributed by atoms with van der Waals surface area (Å²) in [7, 11) is 0. The summed E-state index contributed by atoms with van der Waals surface area (Å²) >= 11 is 0. The summed E-state index contributed by atoms with van der Waals surface area (Å²) in [4.78, 5) is 6.99. The molecule has 1 aromatic carbocycles. The molecule has 0 atom stereocenters. The van der Waals surface area contributed by atoms with Crippen LogP contribution in [-0.4, -0.2) is 34.4 Å². The van der Waals surface area contributed by atoms with E-state index in [9.17, 15) is 5.11 Å². The third-order valence-electron chi connectivity index (χ3n) is 4.28. The second kappa shape index (κ2) is 6.41. The molecule has 4 heteroatoms. The van der Waals surface area contributed by atoms with Crippen molar-refractivity contribution in [2.45, 2.75) is 38.3 Å². The first-order valence-electron chi connectivity index (χ1n) is 7.70. The number of hydrogen-bond donors (Lipinski definition) is 2. The van der Waals surface area contributed by atoms with E-state index in [2.05, 4.69) is 22.0 Å². The Morgan fingerprint density at radius 1 is 1.19 bits per heavy atom. The summed E-state index contributed by atoms with van der Waals surface area (Å²) in [5.74, 6) is 0.954. The number of aromatic nitrogens is 1. The molecule has 1 fully saturated rings. The van der Waals surface area contributed by atoms with Gasteiger partial charge in [0.2, 0.25) is 0 Å². The molecule has 1 saturated carbocycles. The smallest absolute Gasteiger partial charge is 0.137 e. The van der Waals surface area contributed by atoms with Crippen molar-refractivity contribution in [1.29, 1.82) is 0 Å². The molecule has 2 aromatic rings. The quantitative estimate of drug-likeness (QED) is 0.856. The molecule has 1 heterocycles. The zero-order chi connectivity index (χ0) is 14.7. The van der Waals surface area contributed by atoms with Crippen LogP contribution in [-0.2, 0) is 6.61 Å². The van der Waals surface area contributed by atoms with Crippen LogP contribution in [0.25, 0.3) is 10.8 Å². The third-order valence-corrected chi connectivity index (χ3v) is 4.28. The Hall–Kier alpha value is -1.65. The van der Waals surface area contributed by atoms with Crippen LogP contribution in [0, 0.1) is 0 Å². The molecule has 0 saturated heterocycles. The van der Waals surface area contributed by atoms with Crippen molar-refractivity contribution in [3.8, 4) is 0 Å². The average Bonchev–Trinajstić information content (AvgIpc) is 2.48. The van der Waals surface area contributed by atoms with E-state index in [1.165, 1.54) is 19.3 Å². The molecule has 112 valence electrons. The monoisotopic (exact) mass is 286 g/mol. The normalized spacial score (nSPS) is 15.1. The van der Waals surface area contributed by atoms with Gasteiger partial charge in [0, 0.05) is 24.6 Å². The summed E-state index contributed by atoms with van der Waals surface area (Å²) in [5.41, 5.74) is 0.706. The van der Waals surface area contributed by atoms with Crippen LogP contribution in [0.2, 0.25) is 0 Å². The zero-order valence-electron chi connectivity index (χ0n) is 12.2. The van der Waals surface area contributed by atoms with Gasteiger partial charge < -0.3 is 15.1 Å². The van der Waals surface area contributed by atoms with E-state index in [-0.39, 0.29) is 13.2 Å². The standard InChI is InChI=1S/C17H22N2O2/c20-10-4-9-19(15-6-3-7-15)17-16-8-2-1-5-13(16)11-14(12-21)18-17/h1-2,5,8,11,15,20-21H,3-4,6-7,9-10,12H2. The van der Waals surface area contributed by atoms with E-state index < -0.39 is 0 Å². The van der Waals surface area contributed by atoms with E-state index in [0.717, 1.165) is 29.6 Å². The van der Waals surface area contributed by atoms with E-state index in [0.29, 0.717) is 11.7 Å². The summed E-state index contributed by atoms with van der Waals surface area (Å²) in [6.07, 6.45) is 4.38. The number of aliphatic hydroxyl groups excluding tert-OH is 2. The predicted molar refractivity (Wildman–Crippen MR) is 84.4 cm³/mol. The first-order valence-corrected chi connectivity index (χ1v) is 7.70. The molecule has 0 spiro atoms. The molecule has 3 rings (SSSR count). The van der Waals surface area contributed by atoms with Gasteiger partial charge in [0.25, 0.3) is 0 Å². The Bertz CT molecular complexity index is 611. The van der Waals surface area contributed by atoms with Gasteiger partial charge in [-0.25, -0.2) is 4.98 Å². The van der Waals surface area contributed by atoms with E-state index in [4.69, 9.17) is 5.11 Å². The second-order valence-corrected chi connectivity index (χ2v) is 5.67. The molecule has 0 amide bonds. The molecule has 1 aromatic heterocycles. The van der Waals surface area contributed by atoms with Gasteiger partial charge in [-0.1, -0.05) is 24.3 Å². The number of nitrogens with zero attached hydrogens (tertiary/aromatic N) is 2. The fraction of sp³-hybridized carbons (Fsp3) is 0.471. The van der Waals surface area contributed by atoms with E-state index >= 15 is 0 Å². The predicted octanol–water partition coefficient (Wildman–Crippen LogP) is 2.47. The maximum atomic E-state index is 9.47. The van der Waals surface area contributed by atoms with Gasteiger partial charge in [0.1, 0.15) is 5.82 Å². The molecule has 0 radical (unpaired) electrons. The van der Waals surface area contributed by atoms with Gasteiger partial charge in [0.15, 0.2) is 0 Å². The molecule has 0 bridgehead atoms. The van der Waals surface area contributed by atoms with Gasteiger partial charge in [-0.15, -0.1) is 0 Å². The van der Waals surface area contributed by atoms with Crippen LogP contribution in [0.3, 0.4) is 0 Å². The molecule has 0 aliphatic heterocycles. The Morgan fingerprint density at radius 2 is 2.00 bits per heavy atom. The van der Waals surface area contributed by atoms with Crippen molar-refractivity contribution in [1.82, 2.24) is 4.98 Å². The highest BCUT2D eigenvalue weighted by molar-refractivity contribution is 5.92. The minimum atomic E-state index is -0.0453. The summed E-state index contributed by atoms with van der Waals surface area (Å²) in [5, 5.41) is 20.9. The first-order chi connectivity index (χ1) is 10.3. The highest BCUT2D eigenvalue weighted by Crippen LogP contribution is 2.33. The van der Waals surface area contributed by atoms with Crippen LogP contribution in [0.1, 0.15) is 31.4 Å². The average molecular weight is 286 g/mol. The van der Waals surface area contributed by atoms with Crippen molar-refractivity contribution in [3.05, 3.63) is 36.0 Å². The van der Waals surface area contributed by atoms with Crippen LogP contribution < -0.4 is 4.90 Å². The molecular formula is C17H22N2O2. The van der Waals surface area contributed by atoms with Crippen LogP contribution in [0.5, 0.6) is 0 Å². The van der Waals surface area contributed by atoms with Crippen LogP contribution >= 0.6 is 0 Å². The third kappa shape index (κ3) is 2.87. The maximum Gasteiger partial charge on any atom is 0.137 e. The van der Waals surface area contributed by atoms with Crippen molar-refractivity contribution in [3.63, 3.8) is 0 Å². The van der Waals surface area contributed by atoms with Crippen molar-refractivity contribution in [2.75, 3.05) is 18.1 Å². The fourth-order valence-electron chi connectivity index (χ4n) is 2.94. The lowest BCUT2D eigenvalue weighted by atomic mass is 9.91. The minimum Gasteiger partial charge on any atom is -0.396 e. The van der Waals surface area contributed by atoms with Gasteiger partial charge >= 0.3 is 0 Å². The fourth-order valence-corrected chi connectivity index (χ4v) is 2.94. The largest absolute Gasteiger partial charge is 0.396 e. The number of aliphatic hydroxyl groups is 2. The van der Waals surface area contributed by atoms with Crippen LogP contribution in [0.15, 0.2) is 30.3 Å². The van der Waals surface area contributed by atoms with Gasteiger partial charge in [-0.2, -0.15) is 0 Å². The Balaban J connectivity index is 2.05. The Kier molecular flexibility index (Phi) is 4.36. The number of anilines is 1. The van der Waals surface area contributed by atoms with Crippen molar-refractivity contribution >= 4 is 16.6 Å². The molecular weight excluding hydrogens is 264 g/mol. The number of benzene rings is 1. The zero-order valence-corrected chi connectivity index (χ0v) is 12.2. The topological polar surface area (TPSA) is 56.6 Å². The molecule has 1 aliphatic rings. The highest BCUT2D eigenvalue weighted by Gasteiger charge is 2.27. The second-order valence-electron chi connectivity index (χ2n) is 5.67. The van der Waals surface area contributed by atoms with Gasteiger partial charge in [0.05, 0.1) is 12.3 Å². The van der Waals surface area contributed by atoms with Gasteiger partial charge in [-0.3, -0.25) is 0 Å². The number of rotatable bonds is 6. The lowest BCUT2D eigenvalue weighted by Gasteiger charge is -2.39. The Morgan fingerprint density at radius 3 is 2.67 bits per heavy atom. The molecule has 4 nitrogen and oxygen atoms in total. The lowest BCUT2D eigenvalue weighted by molar-refractivity contribution is 0.275. The summed E-state index contributed by atoms with van der Waals surface area (Å²) in [6.45, 7) is 0.963. The maximum absolute atomic E-state index is 9.47. The molecule has 2 N–H and O–H groups in total. The molecule has 21 heavy (non-hydrogen) atoms. The van der Waals surface area contributed by atoms with Crippen LogP contribution in [0.4, 0.5) is 5.82 Å². The summed E-state index contributed by atoms with van der Waals surface area (Å²) < 4.78 is 0. The number of pyridine rings is 1. The number of hydrogen-bond acceptors (Lipinski definition) is 4. The van der Waals surface area contributed by atoms with Gasteiger partial charge in [-0.05, 0) is 37.1 Å².